The molecule has 1 aromatic rings. The van der Waals surface area contributed by atoms with Crippen LogP contribution in [0.25, 0.3) is 0 Å². The molecule has 0 heterocycles. The Bertz CT molecular complexity index is 623. The number of benzene rings is 1. The summed E-state index contributed by atoms with van der Waals surface area (Å²) in [6.45, 7) is 4.65. The van der Waals surface area contributed by atoms with Gasteiger partial charge in [-0.05, 0) is 98.8 Å². The summed E-state index contributed by atoms with van der Waals surface area (Å²) >= 11 is 0. The first-order valence-electron chi connectivity index (χ1n) is 11.6. The summed E-state index contributed by atoms with van der Waals surface area (Å²) in [5, 5.41) is 0. The Morgan fingerprint density at radius 2 is 1.52 bits per heavy atom. The van der Waals surface area contributed by atoms with Crippen molar-refractivity contribution < 1.29 is 0 Å². The van der Waals surface area contributed by atoms with E-state index in [2.05, 4.69) is 62.1 Å². The summed E-state index contributed by atoms with van der Waals surface area (Å²) in [5.41, 5.74) is 2.67. The SMILES string of the molecule is CCC[C@H]1CC[C@H](C=CC#Cc2ccc([C@H]3CC[C@H](CC)CC3)cc2)CC1. The standard InChI is InChI=1S/C27H38/c1-3-7-23-10-12-24(13-11-23)8-5-6-9-25-16-20-27(21-17-25)26-18-14-22(4-2)15-19-26/h5,8,16-17,20-24,26H,3-4,7,10-15,18-19H2,1-2H3/t22-,23-,24-,26-. The molecule has 0 bridgehead atoms. The fourth-order valence-corrected chi connectivity index (χ4v) is 5.13. The monoisotopic (exact) mass is 362 g/mol. The highest BCUT2D eigenvalue weighted by atomic mass is 14.3. The normalized spacial score (nSPS) is 28.7. The predicted octanol–water partition coefficient (Wildman–Crippen LogP) is 7.88. The Morgan fingerprint density at radius 3 is 2.15 bits per heavy atom. The zero-order valence-electron chi connectivity index (χ0n) is 17.6. The molecule has 2 aliphatic carbocycles. The molecule has 0 saturated heterocycles. The van der Waals surface area contributed by atoms with E-state index in [-0.39, 0.29) is 0 Å². The van der Waals surface area contributed by atoms with Crippen LogP contribution in [0.5, 0.6) is 0 Å². The van der Waals surface area contributed by atoms with E-state index in [4.69, 9.17) is 0 Å². The molecule has 3 rings (SSSR count). The van der Waals surface area contributed by atoms with Crippen molar-refractivity contribution in [3.05, 3.63) is 47.5 Å². The molecule has 27 heavy (non-hydrogen) atoms. The molecule has 0 radical (unpaired) electrons. The molecule has 1 aromatic carbocycles. The minimum absolute atomic E-state index is 0.757. The maximum atomic E-state index is 3.32. The lowest BCUT2D eigenvalue weighted by Crippen LogP contribution is -2.12. The third kappa shape index (κ3) is 6.27. The Hall–Kier alpha value is -1.48. The van der Waals surface area contributed by atoms with Gasteiger partial charge in [0.05, 0.1) is 0 Å². The van der Waals surface area contributed by atoms with Gasteiger partial charge in [0.2, 0.25) is 0 Å². The summed E-state index contributed by atoms with van der Waals surface area (Å²) in [4.78, 5) is 0. The van der Waals surface area contributed by atoms with E-state index in [0.29, 0.717) is 0 Å². The molecule has 0 nitrogen and oxygen atoms in total. The number of hydrogen-bond acceptors (Lipinski definition) is 0. The molecule has 2 saturated carbocycles. The molecule has 0 unspecified atom stereocenters. The molecule has 0 aliphatic heterocycles. The van der Waals surface area contributed by atoms with E-state index in [1.165, 1.54) is 76.2 Å². The van der Waals surface area contributed by atoms with Gasteiger partial charge < -0.3 is 0 Å². The van der Waals surface area contributed by atoms with Crippen molar-refractivity contribution >= 4 is 0 Å². The second-order valence-electron chi connectivity index (χ2n) is 8.95. The summed E-state index contributed by atoms with van der Waals surface area (Å²) in [5.74, 6) is 10.1. The summed E-state index contributed by atoms with van der Waals surface area (Å²) in [7, 11) is 0. The number of rotatable bonds is 5. The van der Waals surface area contributed by atoms with E-state index in [9.17, 15) is 0 Å². The van der Waals surface area contributed by atoms with Gasteiger partial charge in [-0.15, -0.1) is 0 Å². The summed E-state index contributed by atoms with van der Waals surface area (Å²) in [6.07, 6.45) is 19.7. The maximum Gasteiger partial charge on any atom is 0.0249 e. The molecule has 146 valence electrons. The van der Waals surface area contributed by atoms with Gasteiger partial charge in [-0.3, -0.25) is 0 Å². The highest BCUT2D eigenvalue weighted by Gasteiger charge is 2.21. The van der Waals surface area contributed by atoms with Crippen LogP contribution in [0, 0.1) is 29.6 Å². The molecular formula is C27H38. The minimum atomic E-state index is 0.757. The first-order chi connectivity index (χ1) is 13.3. The van der Waals surface area contributed by atoms with Crippen molar-refractivity contribution in [2.45, 2.75) is 90.4 Å². The lowest BCUT2D eigenvalue weighted by Gasteiger charge is -2.28. The molecule has 0 spiro atoms. The van der Waals surface area contributed by atoms with Gasteiger partial charge in [-0.25, -0.2) is 0 Å². The van der Waals surface area contributed by atoms with E-state index >= 15 is 0 Å². The van der Waals surface area contributed by atoms with E-state index in [0.717, 1.165) is 29.2 Å². The number of hydrogen-bond donors (Lipinski definition) is 0. The van der Waals surface area contributed by atoms with Crippen LogP contribution in [0.1, 0.15) is 102 Å². The van der Waals surface area contributed by atoms with Crippen molar-refractivity contribution in [3.63, 3.8) is 0 Å². The molecule has 0 aromatic heterocycles. The van der Waals surface area contributed by atoms with Crippen molar-refractivity contribution in [1.29, 1.82) is 0 Å². The zero-order chi connectivity index (χ0) is 18.9. The first-order valence-corrected chi connectivity index (χ1v) is 11.6. The topological polar surface area (TPSA) is 0 Å². The van der Waals surface area contributed by atoms with Crippen LogP contribution in [-0.4, -0.2) is 0 Å². The Kier molecular flexibility index (Phi) is 8.07. The molecule has 0 amide bonds. The smallest absolute Gasteiger partial charge is 0.0249 e. The lowest BCUT2D eigenvalue weighted by atomic mass is 9.78. The van der Waals surface area contributed by atoms with Gasteiger partial charge in [0, 0.05) is 5.56 Å². The minimum Gasteiger partial charge on any atom is -0.0730 e. The van der Waals surface area contributed by atoms with Gasteiger partial charge >= 0.3 is 0 Å². The molecule has 0 N–H and O–H groups in total. The van der Waals surface area contributed by atoms with Crippen LogP contribution < -0.4 is 0 Å². The van der Waals surface area contributed by atoms with Crippen molar-refractivity contribution in [2.24, 2.45) is 17.8 Å². The molecule has 2 aliphatic rings. The van der Waals surface area contributed by atoms with Gasteiger partial charge in [0.25, 0.3) is 0 Å². The Balaban J connectivity index is 1.45. The van der Waals surface area contributed by atoms with Crippen molar-refractivity contribution in [1.82, 2.24) is 0 Å². The third-order valence-corrected chi connectivity index (χ3v) is 7.06. The average Bonchev–Trinajstić information content (AvgIpc) is 2.73. The van der Waals surface area contributed by atoms with E-state index < -0.39 is 0 Å². The summed E-state index contributed by atoms with van der Waals surface area (Å²) < 4.78 is 0. The lowest BCUT2D eigenvalue weighted by molar-refractivity contribution is 0.294. The highest BCUT2D eigenvalue weighted by molar-refractivity contribution is 5.39. The largest absolute Gasteiger partial charge is 0.0730 e. The van der Waals surface area contributed by atoms with E-state index in [1.807, 2.05) is 0 Å². The maximum absolute atomic E-state index is 3.32. The second kappa shape index (κ2) is 10.8. The fraction of sp³-hybridized carbons (Fsp3) is 0.630. The molecular weight excluding hydrogens is 324 g/mol. The van der Waals surface area contributed by atoms with Crippen LogP contribution in [-0.2, 0) is 0 Å². The van der Waals surface area contributed by atoms with Gasteiger partial charge in [0.1, 0.15) is 0 Å². The highest BCUT2D eigenvalue weighted by Crippen LogP contribution is 2.37. The third-order valence-electron chi connectivity index (χ3n) is 7.06. The summed E-state index contributed by atoms with van der Waals surface area (Å²) in [6, 6.07) is 9.08. The van der Waals surface area contributed by atoms with Crippen LogP contribution in [0.15, 0.2) is 36.4 Å². The zero-order valence-corrected chi connectivity index (χ0v) is 17.6. The fourth-order valence-electron chi connectivity index (χ4n) is 5.13. The van der Waals surface area contributed by atoms with Crippen LogP contribution >= 0.6 is 0 Å². The first kappa shape index (κ1) is 20.3. The molecule has 0 heteroatoms. The second-order valence-corrected chi connectivity index (χ2v) is 8.95. The van der Waals surface area contributed by atoms with Crippen molar-refractivity contribution in [3.8, 4) is 11.8 Å². The van der Waals surface area contributed by atoms with E-state index in [1.54, 1.807) is 0 Å². The quantitative estimate of drug-likeness (QED) is 0.467. The number of allylic oxidation sites excluding steroid dienone is 2. The van der Waals surface area contributed by atoms with Gasteiger partial charge in [-0.1, -0.05) is 63.2 Å². The van der Waals surface area contributed by atoms with Crippen LogP contribution in [0.2, 0.25) is 0 Å². The van der Waals surface area contributed by atoms with Gasteiger partial charge in [-0.2, -0.15) is 0 Å². The van der Waals surface area contributed by atoms with Crippen LogP contribution in [0.4, 0.5) is 0 Å². The Labute approximate surface area is 167 Å². The predicted molar refractivity (Wildman–Crippen MR) is 118 cm³/mol. The van der Waals surface area contributed by atoms with Crippen LogP contribution in [0.3, 0.4) is 0 Å². The van der Waals surface area contributed by atoms with Gasteiger partial charge in [0.15, 0.2) is 0 Å². The average molecular weight is 363 g/mol. The van der Waals surface area contributed by atoms with Crippen molar-refractivity contribution in [2.75, 3.05) is 0 Å². The molecule has 0 atom stereocenters. The Morgan fingerprint density at radius 1 is 0.852 bits per heavy atom. The molecule has 2 fully saturated rings.